The standard InChI is InChI=1S/C23H22N4O6S2/c1-26-20-8-5-18(22(28)25-14-16-9-11-24-12-10-16)13-21(20)35(32,33)27(23(26)29)15-17-3-6-19(7-4-17)34(2,30)31/h3-13H,14-15H2,1-2H3,(H,25,28). The first-order valence-electron chi connectivity index (χ1n) is 10.4. The molecule has 12 heteroatoms. The van der Waals surface area contributed by atoms with Crippen LogP contribution in [0.15, 0.2) is 76.8 Å². The molecule has 0 spiro atoms. The van der Waals surface area contributed by atoms with E-state index in [1.165, 1.54) is 54.4 Å². The van der Waals surface area contributed by atoms with Crippen molar-refractivity contribution in [1.82, 2.24) is 14.6 Å². The first-order valence-corrected chi connectivity index (χ1v) is 13.7. The molecule has 0 fully saturated rings. The molecule has 182 valence electrons. The van der Waals surface area contributed by atoms with Gasteiger partial charge in [-0.2, -0.15) is 0 Å². The molecule has 0 unspecified atom stereocenters. The number of rotatable bonds is 6. The summed E-state index contributed by atoms with van der Waals surface area (Å²) in [5.74, 6) is -0.470. The smallest absolute Gasteiger partial charge is 0.338 e. The number of amides is 3. The number of hydrogen-bond acceptors (Lipinski definition) is 7. The van der Waals surface area contributed by atoms with Crippen molar-refractivity contribution in [3.8, 4) is 0 Å². The monoisotopic (exact) mass is 514 g/mol. The van der Waals surface area contributed by atoms with Crippen LogP contribution in [0.3, 0.4) is 0 Å². The molecular weight excluding hydrogens is 492 g/mol. The van der Waals surface area contributed by atoms with Crippen LogP contribution in [0.5, 0.6) is 0 Å². The van der Waals surface area contributed by atoms with Gasteiger partial charge in [0.1, 0.15) is 4.90 Å². The van der Waals surface area contributed by atoms with Crippen molar-refractivity contribution in [3.63, 3.8) is 0 Å². The van der Waals surface area contributed by atoms with Crippen molar-refractivity contribution in [1.29, 1.82) is 0 Å². The van der Waals surface area contributed by atoms with Crippen molar-refractivity contribution >= 4 is 37.5 Å². The Bertz CT molecular complexity index is 1510. The normalized spacial score (nSPS) is 15.0. The number of carbonyl (C=O) groups excluding carboxylic acids is 2. The van der Waals surface area contributed by atoms with Crippen LogP contribution in [-0.4, -0.2) is 51.4 Å². The largest absolute Gasteiger partial charge is 0.348 e. The minimum Gasteiger partial charge on any atom is -0.348 e. The molecule has 1 aliphatic rings. The summed E-state index contributed by atoms with van der Waals surface area (Å²) >= 11 is 0. The Hall–Kier alpha value is -3.77. The van der Waals surface area contributed by atoms with Crippen LogP contribution in [0.4, 0.5) is 10.5 Å². The van der Waals surface area contributed by atoms with Crippen LogP contribution in [-0.2, 0) is 33.0 Å². The molecule has 1 N–H and O–H groups in total. The van der Waals surface area contributed by atoms with Gasteiger partial charge in [-0.25, -0.2) is 25.9 Å². The zero-order chi connectivity index (χ0) is 25.4. The lowest BCUT2D eigenvalue weighted by Crippen LogP contribution is -2.48. The Kier molecular flexibility index (Phi) is 6.34. The Morgan fingerprint density at radius 2 is 1.66 bits per heavy atom. The van der Waals surface area contributed by atoms with Gasteiger partial charge in [0.05, 0.1) is 17.1 Å². The molecule has 2 aromatic carbocycles. The minimum absolute atomic E-state index is 0.0824. The fourth-order valence-electron chi connectivity index (χ4n) is 3.58. The number of aromatic nitrogens is 1. The lowest BCUT2D eigenvalue weighted by Gasteiger charge is -2.34. The van der Waals surface area contributed by atoms with Gasteiger partial charge in [0, 0.05) is 37.8 Å². The summed E-state index contributed by atoms with van der Waals surface area (Å²) in [6.45, 7) is -0.0629. The minimum atomic E-state index is -4.29. The van der Waals surface area contributed by atoms with E-state index in [4.69, 9.17) is 0 Å². The van der Waals surface area contributed by atoms with Crippen LogP contribution in [0.1, 0.15) is 21.5 Å². The number of sulfonamides is 1. The van der Waals surface area contributed by atoms with E-state index in [-0.39, 0.29) is 34.1 Å². The second-order valence-corrected chi connectivity index (χ2v) is 11.8. The van der Waals surface area contributed by atoms with E-state index in [1.807, 2.05) is 0 Å². The van der Waals surface area contributed by atoms with E-state index in [0.717, 1.165) is 11.8 Å². The highest BCUT2D eigenvalue weighted by atomic mass is 32.2. The number of hydrogen-bond donors (Lipinski definition) is 1. The Morgan fingerprint density at radius 1 is 1.00 bits per heavy atom. The average molecular weight is 515 g/mol. The molecule has 3 aromatic rings. The van der Waals surface area contributed by atoms with Gasteiger partial charge in [0.25, 0.3) is 15.9 Å². The van der Waals surface area contributed by atoms with Crippen LogP contribution in [0.25, 0.3) is 0 Å². The van der Waals surface area contributed by atoms with Gasteiger partial charge in [0.2, 0.25) is 0 Å². The Balaban J connectivity index is 1.62. The third-order valence-electron chi connectivity index (χ3n) is 5.53. The summed E-state index contributed by atoms with van der Waals surface area (Å²) in [7, 11) is -6.26. The summed E-state index contributed by atoms with van der Waals surface area (Å²) in [5.41, 5.74) is 1.54. The Labute approximate surface area is 203 Å². The van der Waals surface area contributed by atoms with Gasteiger partial charge in [-0.15, -0.1) is 0 Å². The molecule has 0 bridgehead atoms. The van der Waals surface area contributed by atoms with E-state index in [9.17, 15) is 26.4 Å². The molecule has 0 saturated heterocycles. The van der Waals surface area contributed by atoms with Crippen molar-refractivity contribution in [2.75, 3.05) is 18.2 Å². The van der Waals surface area contributed by atoms with Crippen molar-refractivity contribution in [3.05, 3.63) is 83.7 Å². The lowest BCUT2D eigenvalue weighted by molar-refractivity contribution is 0.0950. The first-order chi connectivity index (χ1) is 16.5. The van der Waals surface area contributed by atoms with Gasteiger partial charge < -0.3 is 5.32 Å². The zero-order valence-electron chi connectivity index (χ0n) is 18.9. The van der Waals surface area contributed by atoms with E-state index in [2.05, 4.69) is 10.3 Å². The molecule has 2 heterocycles. The van der Waals surface area contributed by atoms with Gasteiger partial charge in [0.15, 0.2) is 9.84 Å². The summed E-state index contributed by atoms with van der Waals surface area (Å²) < 4.78 is 50.8. The van der Waals surface area contributed by atoms with Gasteiger partial charge in [-0.3, -0.25) is 14.7 Å². The number of benzene rings is 2. The van der Waals surface area contributed by atoms with E-state index in [0.29, 0.717) is 9.87 Å². The number of anilines is 1. The molecule has 0 aliphatic carbocycles. The fourth-order valence-corrected chi connectivity index (χ4v) is 5.84. The molecule has 4 rings (SSSR count). The second-order valence-electron chi connectivity index (χ2n) is 7.99. The fraction of sp³-hybridized carbons (Fsp3) is 0.174. The number of sulfone groups is 1. The SMILES string of the molecule is CN1C(=O)N(Cc2ccc(S(C)(=O)=O)cc2)S(=O)(=O)c2cc(C(=O)NCc3ccncc3)ccc21. The molecule has 3 amide bonds. The molecular formula is C23H22N4O6S2. The highest BCUT2D eigenvalue weighted by molar-refractivity contribution is 7.90. The number of pyridine rings is 1. The van der Waals surface area contributed by atoms with Crippen LogP contribution < -0.4 is 10.2 Å². The summed E-state index contributed by atoms with van der Waals surface area (Å²) in [6.07, 6.45) is 4.27. The van der Waals surface area contributed by atoms with Crippen molar-refractivity contribution in [2.45, 2.75) is 22.9 Å². The molecule has 1 aromatic heterocycles. The quantitative estimate of drug-likeness (QED) is 0.533. The molecule has 10 nitrogen and oxygen atoms in total. The van der Waals surface area contributed by atoms with E-state index < -0.39 is 31.8 Å². The van der Waals surface area contributed by atoms with Gasteiger partial charge in [-0.1, -0.05) is 12.1 Å². The van der Waals surface area contributed by atoms with Crippen LogP contribution >= 0.6 is 0 Å². The third-order valence-corrected chi connectivity index (χ3v) is 8.41. The molecule has 0 atom stereocenters. The van der Waals surface area contributed by atoms with E-state index in [1.54, 1.807) is 24.5 Å². The van der Waals surface area contributed by atoms with Crippen LogP contribution in [0.2, 0.25) is 0 Å². The molecule has 0 radical (unpaired) electrons. The Morgan fingerprint density at radius 3 is 2.29 bits per heavy atom. The number of carbonyl (C=O) groups is 2. The first kappa shape index (κ1) is 24.4. The maximum Gasteiger partial charge on any atom is 0.338 e. The predicted molar refractivity (Wildman–Crippen MR) is 128 cm³/mol. The number of urea groups is 1. The van der Waals surface area contributed by atoms with Crippen LogP contribution in [0, 0.1) is 0 Å². The van der Waals surface area contributed by atoms with Gasteiger partial charge in [-0.05, 0) is 53.6 Å². The zero-order valence-corrected chi connectivity index (χ0v) is 20.5. The maximum absolute atomic E-state index is 13.4. The molecule has 1 aliphatic heterocycles. The lowest BCUT2D eigenvalue weighted by atomic mass is 10.1. The van der Waals surface area contributed by atoms with Gasteiger partial charge >= 0.3 is 6.03 Å². The van der Waals surface area contributed by atoms with Crippen molar-refractivity contribution < 1.29 is 26.4 Å². The summed E-state index contributed by atoms with van der Waals surface area (Å²) in [6, 6.07) is 12.5. The highest BCUT2D eigenvalue weighted by Gasteiger charge is 2.40. The van der Waals surface area contributed by atoms with E-state index >= 15 is 0 Å². The summed E-state index contributed by atoms with van der Waals surface area (Å²) in [4.78, 5) is 30.6. The highest BCUT2D eigenvalue weighted by Crippen LogP contribution is 2.35. The van der Waals surface area contributed by atoms with Crippen molar-refractivity contribution in [2.24, 2.45) is 0 Å². The topological polar surface area (TPSA) is 134 Å². The predicted octanol–water partition coefficient (Wildman–Crippen LogP) is 2.18. The number of nitrogens with zero attached hydrogens (tertiary/aromatic N) is 3. The summed E-state index contributed by atoms with van der Waals surface area (Å²) in [5, 5.41) is 2.73. The maximum atomic E-state index is 13.4. The number of nitrogens with one attached hydrogen (secondary N) is 1. The molecule has 35 heavy (non-hydrogen) atoms. The third kappa shape index (κ3) is 4.88. The second kappa shape index (κ2) is 9.12. The molecule has 0 saturated carbocycles. The average Bonchev–Trinajstić information content (AvgIpc) is 2.84. The number of fused-ring (bicyclic) bond motifs is 1.